The quantitative estimate of drug-likeness (QED) is 0.229. The molecule has 0 radical (unpaired) electrons. The average Bonchev–Trinajstić information content (AvgIpc) is 2.82. The Bertz CT molecular complexity index is 1210. The van der Waals surface area contributed by atoms with Crippen molar-refractivity contribution in [3.8, 4) is 0 Å². The van der Waals surface area contributed by atoms with Crippen molar-refractivity contribution in [3.05, 3.63) is 77.1 Å². The second kappa shape index (κ2) is 10.6. The van der Waals surface area contributed by atoms with E-state index in [-0.39, 0.29) is 0 Å². The molecule has 4 nitrogen and oxygen atoms in total. The molecule has 0 bridgehead atoms. The van der Waals surface area contributed by atoms with Crippen molar-refractivity contribution in [1.29, 1.82) is 0 Å². The van der Waals surface area contributed by atoms with Crippen LogP contribution in [0.25, 0.3) is 33.8 Å². The maximum Gasteiger partial charge on any atom is 0.154 e. The number of halogens is 1. The SMILES string of the molecule is CCN(CC)CCCNc1nc(C=Cc2ccc(Cl)cc2)nc2cc3ccccc3cc12. The van der Waals surface area contributed by atoms with Gasteiger partial charge in [-0.05, 0) is 72.7 Å². The van der Waals surface area contributed by atoms with Gasteiger partial charge in [-0.15, -0.1) is 0 Å². The Morgan fingerprint density at radius 2 is 1.62 bits per heavy atom. The van der Waals surface area contributed by atoms with Crippen LogP contribution in [0, 0.1) is 0 Å². The lowest BCUT2D eigenvalue weighted by Gasteiger charge is -2.18. The fourth-order valence-electron chi connectivity index (χ4n) is 3.84. The minimum atomic E-state index is 0.689. The number of nitrogens with one attached hydrogen (secondary N) is 1. The van der Waals surface area contributed by atoms with E-state index in [0.29, 0.717) is 5.82 Å². The second-order valence-corrected chi connectivity index (χ2v) is 8.28. The van der Waals surface area contributed by atoms with Crippen molar-refractivity contribution in [2.24, 2.45) is 0 Å². The summed E-state index contributed by atoms with van der Waals surface area (Å²) in [5, 5.41) is 7.73. The summed E-state index contributed by atoms with van der Waals surface area (Å²) < 4.78 is 0. The molecule has 0 fully saturated rings. The van der Waals surface area contributed by atoms with Gasteiger partial charge in [-0.1, -0.05) is 67.9 Å². The first-order valence-electron chi connectivity index (χ1n) is 11.3. The fourth-order valence-corrected chi connectivity index (χ4v) is 3.96. The number of rotatable bonds is 9. The zero-order chi connectivity index (χ0) is 22.3. The highest BCUT2D eigenvalue weighted by molar-refractivity contribution is 6.30. The molecule has 32 heavy (non-hydrogen) atoms. The number of aromatic nitrogens is 2. The molecule has 1 heterocycles. The van der Waals surface area contributed by atoms with Gasteiger partial charge in [-0.2, -0.15) is 0 Å². The Morgan fingerprint density at radius 3 is 2.34 bits per heavy atom. The first-order valence-corrected chi connectivity index (χ1v) is 11.6. The van der Waals surface area contributed by atoms with Crippen LogP contribution in [-0.2, 0) is 0 Å². The molecule has 0 spiro atoms. The molecule has 164 valence electrons. The molecule has 4 aromatic rings. The fraction of sp³-hybridized carbons (Fsp3) is 0.259. The van der Waals surface area contributed by atoms with Gasteiger partial charge in [0.05, 0.1) is 5.52 Å². The van der Waals surface area contributed by atoms with Crippen molar-refractivity contribution in [3.63, 3.8) is 0 Å². The van der Waals surface area contributed by atoms with Gasteiger partial charge < -0.3 is 10.2 Å². The highest BCUT2D eigenvalue weighted by Gasteiger charge is 2.09. The summed E-state index contributed by atoms with van der Waals surface area (Å²) in [5.41, 5.74) is 2.01. The minimum absolute atomic E-state index is 0.689. The predicted octanol–water partition coefficient (Wildman–Crippen LogP) is 6.75. The molecule has 0 aliphatic heterocycles. The van der Waals surface area contributed by atoms with Gasteiger partial charge in [0.25, 0.3) is 0 Å². The average molecular weight is 445 g/mol. The van der Waals surface area contributed by atoms with Gasteiger partial charge in [0.2, 0.25) is 0 Å². The van der Waals surface area contributed by atoms with Crippen molar-refractivity contribution in [2.75, 3.05) is 31.5 Å². The Morgan fingerprint density at radius 1 is 0.906 bits per heavy atom. The molecule has 0 saturated heterocycles. The topological polar surface area (TPSA) is 41.0 Å². The number of benzene rings is 3. The van der Waals surface area contributed by atoms with E-state index in [1.807, 2.05) is 36.4 Å². The minimum Gasteiger partial charge on any atom is -0.369 e. The second-order valence-electron chi connectivity index (χ2n) is 7.84. The highest BCUT2D eigenvalue weighted by Crippen LogP contribution is 2.27. The van der Waals surface area contributed by atoms with Crippen LogP contribution < -0.4 is 5.32 Å². The van der Waals surface area contributed by atoms with Crippen molar-refractivity contribution in [1.82, 2.24) is 14.9 Å². The zero-order valence-corrected chi connectivity index (χ0v) is 19.4. The summed E-state index contributed by atoms with van der Waals surface area (Å²) >= 11 is 6.00. The van der Waals surface area contributed by atoms with Crippen LogP contribution in [0.5, 0.6) is 0 Å². The van der Waals surface area contributed by atoms with Crippen LogP contribution >= 0.6 is 11.6 Å². The van der Waals surface area contributed by atoms with E-state index in [2.05, 4.69) is 60.5 Å². The Balaban J connectivity index is 1.64. The van der Waals surface area contributed by atoms with Gasteiger partial charge >= 0.3 is 0 Å². The summed E-state index contributed by atoms with van der Waals surface area (Å²) in [6.45, 7) is 8.53. The van der Waals surface area contributed by atoms with Crippen molar-refractivity contribution in [2.45, 2.75) is 20.3 Å². The van der Waals surface area contributed by atoms with E-state index < -0.39 is 0 Å². The molecular weight excluding hydrogens is 416 g/mol. The Labute approximate surface area is 194 Å². The third kappa shape index (κ3) is 5.45. The summed E-state index contributed by atoms with van der Waals surface area (Å²) in [7, 11) is 0. The molecule has 0 aliphatic carbocycles. The van der Waals surface area contributed by atoms with E-state index in [1.54, 1.807) is 0 Å². The molecular formula is C27H29ClN4. The molecule has 0 unspecified atom stereocenters. The van der Waals surface area contributed by atoms with Gasteiger partial charge in [-0.25, -0.2) is 9.97 Å². The van der Waals surface area contributed by atoms with Crippen LogP contribution in [0.3, 0.4) is 0 Å². The predicted molar refractivity (Wildman–Crippen MR) is 138 cm³/mol. The lowest BCUT2D eigenvalue weighted by Crippen LogP contribution is -2.25. The number of anilines is 1. The molecule has 0 aliphatic rings. The summed E-state index contributed by atoms with van der Waals surface area (Å²) in [5.74, 6) is 1.57. The largest absolute Gasteiger partial charge is 0.369 e. The normalized spacial score (nSPS) is 11.8. The van der Waals surface area contributed by atoms with Gasteiger partial charge in [-0.3, -0.25) is 0 Å². The molecule has 3 aromatic carbocycles. The van der Waals surface area contributed by atoms with E-state index in [4.69, 9.17) is 21.6 Å². The van der Waals surface area contributed by atoms with Gasteiger partial charge in [0, 0.05) is 17.0 Å². The smallest absolute Gasteiger partial charge is 0.154 e. The Kier molecular flexibility index (Phi) is 7.35. The van der Waals surface area contributed by atoms with Gasteiger partial charge in [0.1, 0.15) is 5.82 Å². The van der Waals surface area contributed by atoms with E-state index in [1.165, 1.54) is 10.8 Å². The third-order valence-corrected chi connectivity index (χ3v) is 5.97. The number of fused-ring (bicyclic) bond motifs is 2. The Hall–Kier alpha value is -2.95. The molecule has 4 rings (SSSR count). The summed E-state index contributed by atoms with van der Waals surface area (Å²) in [4.78, 5) is 12.1. The van der Waals surface area contributed by atoms with Crippen LogP contribution in [0.15, 0.2) is 60.7 Å². The number of nitrogens with zero attached hydrogens (tertiary/aromatic N) is 3. The van der Waals surface area contributed by atoms with E-state index in [9.17, 15) is 0 Å². The molecule has 0 atom stereocenters. The first-order chi connectivity index (χ1) is 15.7. The van der Waals surface area contributed by atoms with Crippen LogP contribution in [0.2, 0.25) is 5.02 Å². The van der Waals surface area contributed by atoms with E-state index in [0.717, 1.165) is 59.9 Å². The zero-order valence-electron chi connectivity index (χ0n) is 18.7. The third-order valence-electron chi connectivity index (χ3n) is 5.71. The maximum absolute atomic E-state index is 6.00. The molecule has 0 amide bonds. The molecule has 1 N–H and O–H groups in total. The monoisotopic (exact) mass is 444 g/mol. The van der Waals surface area contributed by atoms with Crippen LogP contribution in [0.4, 0.5) is 5.82 Å². The van der Waals surface area contributed by atoms with Gasteiger partial charge in [0.15, 0.2) is 5.82 Å². The number of hydrogen-bond acceptors (Lipinski definition) is 4. The first kappa shape index (κ1) is 22.3. The lowest BCUT2D eigenvalue weighted by atomic mass is 10.1. The molecule has 5 heteroatoms. The van der Waals surface area contributed by atoms with Crippen LogP contribution in [0.1, 0.15) is 31.7 Å². The van der Waals surface area contributed by atoms with Crippen molar-refractivity contribution < 1.29 is 0 Å². The maximum atomic E-state index is 6.00. The standard InChI is InChI=1S/C27H29ClN4/c1-3-32(4-2)17-7-16-29-27-24-18-21-8-5-6-9-22(21)19-25(24)30-26(31-27)15-12-20-10-13-23(28)14-11-20/h5-6,8-15,18-19H,3-4,7,16-17H2,1-2H3,(H,29,30,31). The molecule has 0 saturated carbocycles. The van der Waals surface area contributed by atoms with E-state index >= 15 is 0 Å². The number of hydrogen-bond donors (Lipinski definition) is 1. The highest BCUT2D eigenvalue weighted by atomic mass is 35.5. The summed E-state index contributed by atoms with van der Waals surface area (Å²) in [6.07, 6.45) is 5.04. The summed E-state index contributed by atoms with van der Waals surface area (Å²) in [6, 6.07) is 20.5. The van der Waals surface area contributed by atoms with Crippen molar-refractivity contribution >= 4 is 51.2 Å². The lowest BCUT2D eigenvalue weighted by molar-refractivity contribution is 0.303. The molecule has 1 aromatic heterocycles. The van der Waals surface area contributed by atoms with Crippen LogP contribution in [-0.4, -0.2) is 41.0 Å².